The van der Waals surface area contributed by atoms with E-state index in [4.69, 9.17) is 10.3 Å². The highest BCUT2D eigenvalue weighted by atomic mass is 32.1. The van der Waals surface area contributed by atoms with Gasteiger partial charge in [0.25, 0.3) is 11.8 Å². The van der Waals surface area contributed by atoms with Gasteiger partial charge in [0.2, 0.25) is 5.88 Å². The molecule has 26 heavy (non-hydrogen) atoms. The maximum Gasteiger partial charge on any atom is 0.260 e. The second-order valence-corrected chi connectivity index (χ2v) is 7.04. The van der Waals surface area contributed by atoms with E-state index in [1.165, 1.54) is 16.2 Å². The Balaban J connectivity index is 2.10. The molecule has 0 atom stereocenters. The number of amides is 2. The van der Waals surface area contributed by atoms with E-state index in [2.05, 4.69) is 5.16 Å². The van der Waals surface area contributed by atoms with Crippen LogP contribution in [0, 0.1) is 5.92 Å². The predicted molar refractivity (Wildman–Crippen MR) is 101 cm³/mol. The van der Waals surface area contributed by atoms with Gasteiger partial charge in [-0.3, -0.25) is 14.5 Å². The normalized spacial score (nSPS) is 10.9. The molecule has 0 fully saturated rings. The third kappa shape index (κ3) is 3.52. The van der Waals surface area contributed by atoms with Gasteiger partial charge < -0.3 is 10.3 Å². The Morgan fingerprint density at radius 1 is 1.23 bits per heavy atom. The summed E-state index contributed by atoms with van der Waals surface area (Å²) in [6.07, 6.45) is 0. The standard InChI is InChI=1S/C19H19N3O3S/c1-12(2)10-22(18(24)13-6-4-3-5-7-13)19-15(17(20)23)16(21-25-19)14-8-9-26-11-14/h3-9,11-12H,10H2,1-2H3,(H2,20,23). The van der Waals surface area contributed by atoms with Crippen LogP contribution in [0.4, 0.5) is 5.88 Å². The maximum absolute atomic E-state index is 13.0. The van der Waals surface area contributed by atoms with Gasteiger partial charge in [-0.05, 0) is 29.5 Å². The van der Waals surface area contributed by atoms with Gasteiger partial charge in [0.15, 0.2) is 0 Å². The van der Waals surface area contributed by atoms with Crippen molar-refractivity contribution in [2.45, 2.75) is 13.8 Å². The Labute approximate surface area is 155 Å². The maximum atomic E-state index is 13.0. The number of hydrogen-bond donors (Lipinski definition) is 1. The lowest BCUT2D eigenvalue weighted by Gasteiger charge is -2.22. The van der Waals surface area contributed by atoms with E-state index in [0.29, 0.717) is 17.8 Å². The third-order valence-corrected chi connectivity index (χ3v) is 4.46. The quantitative estimate of drug-likeness (QED) is 0.715. The van der Waals surface area contributed by atoms with Crippen molar-refractivity contribution in [2.75, 3.05) is 11.4 Å². The molecule has 2 amide bonds. The molecule has 134 valence electrons. The Bertz CT molecular complexity index is 902. The van der Waals surface area contributed by atoms with Gasteiger partial charge in [-0.2, -0.15) is 11.3 Å². The van der Waals surface area contributed by atoms with Crippen LogP contribution in [0.5, 0.6) is 0 Å². The molecule has 3 aromatic rings. The fourth-order valence-corrected chi connectivity index (χ4v) is 3.28. The number of primary amides is 1. The Hall–Kier alpha value is -2.93. The zero-order valence-electron chi connectivity index (χ0n) is 14.5. The smallest absolute Gasteiger partial charge is 0.260 e. The molecule has 6 nitrogen and oxygen atoms in total. The fourth-order valence-electron chi connectivity index (χ4n) is 2.64. The molecule has 0 saturated carbocycles. The summed E-state index contributed by atoms with van der Waals surface area (Å²) in [5, 5.41) is 7.74. The van der Waals surface area contributed by atoms with Crippen LogP contribution in [0.1, 0.15) is 34.6 Å². The van der Waals surface area contributed by atoms with Crippen LogP contribution >= 0.6 is 11.3 Å². The van der Waals surface area contributed by atoms with Crippen LogP contribution in [0.3, 0.4) is 0 Å². The molecule has 0 unspecified atom stereocenters. The van der Waals surface area contributed by atoms with Gasteiger partial charge in [0.05, 0.1) is 0 Å². The summed E-state index contributed by atoms with van der Waals surface area (Å²) in [7, 11) is 0. The highest BCUT2D eigenvalue weighted by Crippen LogP contribution is 2.33. The molecular weight excluding hydrogens is 350 g/mol. The molecule has 7 heteroatoms. The molecule has 1 aromatic carbocycles. The van der Waals surface area contributed by atoms with Gasteiger partial charge in [0.1, 0.15) is 11.3 Å². The number of aromatic nitrogens is 1. The van der Waals surface area contributed by atoms with Crippen molar-refractivity contribution in [1.29, 1.82) is 0 Å². The number of carbonyl (C=O) groups is 2. The predicted octanol–water partition coefficient (Wildman–Crippen LogP) is 3.80. The molecule has 2 aromatic heterocycles. The number of rotatable bonds is 6. The molecule has 2 N–H and O–H groups in total. The van der Waals surface area contributed by atoms with E-state index >= 15 is 0 Å². The second kappa shape index (κ2) is 7.53. The van der Waals surface area contributed by atoms with Crippen molar-refractivity contribution in [3.63, 3.8) is 0 Å². The Morgan fingerprint density at radius 3 is 2.54 bits per heavy atom. The summed E-state index contributed by atoms with van der Waals surface area (Å²) in [5.41, 5.74) is 7.30. The van der Waals surface area contributed by atoms with E-state index in [1.807, 2.05) is 36.7 Å². The van der Waals surface area contributed by atoms with Crippen molar-refractivity contribution >= 4 is 29.0 Å². The second-order valence-electron chi connectivity index (χ2n) is 6.26. The van der Waals surface area contributed by atoms with Crippen molar-refractivity contribution in [2.24, 2.45) is 11.7 Å². The molecule has 0 spiro atoms. The summed E-state index contributed by atoms with van der Waals surface area (Å²) < 4.78 is 5.45. The lowest BCUT2D eigenvalue weighted by molar-refractivity contribution is 0.0977. The number of nitrogens with two attached hydrogens (primary N) is 1. The zero-order chi connectivity index (χ0) is 18.7. The van der Waals surface area contributed by atoms with E-state index in [9.17, 15) is 9.59 Å². The summed E-state index contributed by atoms with van der Waals surface area (Å²) >= 11 is 1.47. The molecule has 0 aliphatic rings. The van der Waals surface area contributed by atoms with Crippen molar-refractivity contribution in [3.05, 3.63) is 58.3 Å². The molecular formula is C19H19N3O3S. The molecule has 2 heterocycles. The van der Waals surface area contributed by atoms with Gasteiger partial charge in [-0.15, -0.1) is 0 Å². The zero-order valence-corrected chi connectivity index (χ0v) is 15.3. The lowest BCUT2D eigenvalue weighted by atomic mass is 10.1. The number of thiophene rings is 1. The van der Waals surface area contributed by atoms with Crippen LogP contribution in [-0.4, -0.2) is 23.5 Å². The fraction of sp³-hybridized carbons (Fsp3) is 0.211. The minimum atomic E-state index is -0.683. The molecule has 3 rings (SSSR count). The monoisotopic (exact) mass is 369 g/mol. The number of carbonyl (C=O) groups excluding carboxylic acids is 2. The van der Waals surface area contributed by atoms with E-state index < -0.39 is 5.91 Å². The van der Waals surface area contributed by atoms with E-state index in [0.717, 1.165) is 5.56 Å². The minimum Gasteiger partial charge on any atom is -0.365 e. The minimum absolute atomic E-state index is 0.0845. The molecule has 0 radical (unpaired) electrons. The summed E-state index contributed by atoms with van der Waals surface area (Å²) in [4.78, 5) is 26.6. The van der Waals surface area contributed by atoms with Gasteiger partial charge >= 0.3 is 0 Å². The summed E-state index contributed by atoms with van der Waals surface area (Å²) in [5.74, 6) is -0.716. The first-order valence-corrected chi connectivity index (χ1v) is 9.12. The first-order valence-electron chi connectivity index (χ1n) is 8.18. The van der Waals surface area contributed by atoms with Crippen molar-refractivity contribution < 1.29 is 14.1 Å². The first kappa shape index (κ1) is 17.9. The summed E-state index contributed by atoms with van der Waals surface area (Å²) in [6.45, 7) is 4.32. The number of nitrogens with zero attached hydrogens (tertiary/aromatic N) is 2. The average molecular weight is 369 g/mol. The summed E-state index contributed by atoms with van der Waals surface area (Å²) in [6, 6.07) is 10.7. The lowest BCUT2D eigenvalue weighted by Crippen LogP contribution is -2.35. The topological polar surface area (TPSA) is 89.4 Å². The van der Waals surface area contributed by atoms with Crippen LogP contribution in [0.2, 0.25) is 0 Å². The van der Waals surface area contributed by atoms with Crippen molar-refractivity contribution in [3.8, 4) is 11.3 Å². The van der Waals surface area contributed by atoms with Crippen molar-refractivity contribution in [1.82, 2.24) is 5.16 Å². The molecule has 0 aliphatic heterocycles. The number of anilines is 1. The van der Waals surface area contributed by atoms with Crippen LogP contribution in [0.15, 0.2) is 51.7 Å². The average Bonchev–Trinajstić information content (AvgIpc) is 3.28. The number of benzene rings is 1. The third-order valence-electron chi connectivity index (χ3n) is 3.77. The highest BCUT2D eigenvalue weighted by molar-refractivity contribution is 7.08. The van der Waals surface area contributed by atoms with Crippen LogP contribution < -0.4 is 10.6 Å². The largest absolute Gasteiger partial charge is 0.365 e. The number of hydrogen-bond acceptors (Lipinski definition) is 5. The van der Waals surface area contributed by atoms with Crippen LogP contribution in [-0.2, 0) is 0 Å². The molecule has 0 saturated heterocycles. The Morgan fingerprint density at radius 2 is 1.96 bits per heavy atom. The molecule has 0 aliphatic carbocycles. The molecule has 0 bridgehead atoms. The van der Waals surface area contributed by atoms with E-state index in [-0.39, 0.29) is 23.3 Å². The van der Waals surface area contributed by atoms with Gasteiger partial charge in [0, 0.05) is 23.1 Å². The SMILES string of the molecule is CC(C)CN(C(=O)c1ccccc1)c1onc(-c2ccsc2)c1C(N)=O. The van der Waals surface area contributed by atoms with Crippen LogP contribution in [0.25, 0.3) is 11.3 Å². The highest BCUT2D eigenvalue weighted by Gasteiger charge is 2.30. The van der Waals surface area contributed by atoms with Gasteiger partial charge in [-0.25, -0.2) is 0 Å². The first-order chi connectivity index (χ1) is 12.5. The Kier molecular flexibility index (Phi) is 5.18. The van der Waals surface area contributed by atoms with Gasteiger partial charge in [-0.1, -0.05) is 37.2 Å². The van der Waals surface area contributed by atoms with E-state index in [1.54, 1.807) is 24.3 Å².